The highest BCUT2D eigenvalue weighted by atomic mass is 16.6. The summed E-state index contributed by atoms with van der Waals surface area (Å²) in [7, 11) is 1.56. The molecule has 1 N–H and O–H groups in total. The van der Waals surface area contributed by atoms with Crippen LogP contribution in [-0.4, -0.2) is 30.4 Å². The number of hydrogen-bond acceptors (Lipinski definition) is 5. The molecule has 0 bridgehead atoms. The SMILES string of the molecule is COc1ccc(N2C[C@H](C(=O)Nc3cccc([N+](=O)[O-])c3C)CC2=O)cc1. The Morgan fingerprint density at radius 2 is 1.96 bits per heavy atom. The van der Waals surface area contributed by atoms with Crippen molar-refractivity contribution >= 4 is 28.9 Å². The highest BCUT2D eigenvalue weighted by Gasteiger charge is 2.35. The molecule has 8 heteroatoms. The van der Waals surface area contributed by atoms with Gasteiger partial charge in [0.1, 0.15) is 5.75 Å². The van der Waals surface area contributed by atoms with E-state index in [4.69, 9.17) is 4.74 Å². The van der Waals surface area contributed by atoms with Crippen LogP contribution in [0.2, 0.25) is 0 Å². The van der Waals surface area contributed by atoms with E-state index >= 15 is 0 Å². The first-order chi connectivity index (χ1) is 12.9. The zero-order valence-electron chi connectivity index (χ0n) is 15.0. The molecule has 27 heavy (non-hydrogen) atoms. The first-order valence-electron chi connectivity index (χ1n) is 8.40. The van der Waals surface area contributed by atoms with Gasteiger partial charge in [-0.2, -0.15) is 0 Å². The molecular formula is C19H19N3O5. The molecule has 0 unspecified atom stereocenters. The Bertz CT molecular complexity index is 895. The molecule has 1 aliphatic heterocycles. The average molecular weight is 369 g/mol. The van der Waals surface area contributed by atoms with Crippen LogP contribution in [0.4, 0.5) is 17.1 Å². The summed E-state index contributed by atoms with van der Waals surface area (Å²) in [5, 5.41) is 13.8. The van der Waals surface area contributed by atoms with Gasteiger partial charge in [-0.3, -0.25) is 19.7 Å². The van der Waals surface area contributed by atoms with Crippen molar-refractivity contribution in [1.82, 2.24) is 0 Å². The number of amides is 2. The van der Waals surface area contributed by atoms with E-state index in [1.807, 2.05) is 0 Å². The van der Waals surface area contributed by atoms with Crippen LogP contribution in [0.5, 0.6) is 5.75 Å². The van der Waals surface area contributed by atoms with Gasteiger partial charge in [0.2, 0.25) is 11.8 Å². The van der Waals surface area contributed by atoms with Crippen LogP contribution in [0.25, 0.3) is 0 Å². The number of carbonyl (C=O) groups is 2. The van der Waals surface area contributed by atoms with Crippen molar-refractivity contribution in [1.29, 1.82) is 0 Å². The van der Waals surface area contributed by atoms with E-state index in [0.717, 1.165) is 0 Å². The fourth-order valence-corrected chi connectivity index (χ4v) is 3.09. The number of hydrogen-bond donors (Lipinski definition) is 1. The van der Waals surface area contributed by atoms with E-state index in [1.54, 1.807) is 49.3 Å². The van der Waals surface area contributed by atoms with Gasteiger partial charge >= 0.3 is 0 Å². The topological polar surface area (TPSA) is 102 Å². The summed E-state index contributed by atoms with van der Waals surface area (Å²) in [6, 6.07) is 11.5. The Morgan fingerprint density at radius 3 is 2.59 bits per heavy atom. The average Bonchev–Trinajstić information content (AvgIpc) is 3.05. The summed E-state index contributed by atoms with van der Waals surface area (Å²) in [5.74, 6) is -0.321. The number of ether oxygens (including phenoxy) is 1. The van der Waals surface area contributed by atoms with E-state index < -0.39 is 10.8 Å². The monoisotopic (exact) mass is 369 g/mol. The molecule has 0 aromatic heterocycles. The standard InChI is InChI=1S/C19H19N3O5/c1-12-16(4-3-5-17(12)22(25)26)20-19(24)13-10-18(23)21(11-13)14-6-8-15(27-2)9-7-14/h3-9,13H,10-11H2,1-2H3,(H,20,24)/t13-/m1/s1. The largest absolute Gasteiger partial charge is 0.497 e. The molecule has 0 aliphatic carbocycles. The van der Waals surface area contributed by atoms with Crippen LogP contribution in [0.3, 0.4) is 0 Å². The molecule has 1 aliphatic rings. The van der Waals surface area contributed by atoms with Gasteiger partial charge in [0, 0.05) is 24.7 Å². The van der Waals surface area contributed by atoms with Crippen LogP contribution in [0.1, 0.15) is 12.0 Å². The first kappa shape index (κ1) is 18.4. The molecule has 3 rings (SSSR count). The minimum atomic E-state index is -0.529. The molecule has 1 heterocycles. The van der Waals surface area contributed by atoms with Crippen molar-refractivity contribution < 1.29 is 19.2 Å². The molecule has 2 amide bonds. The molecule has 8 nitrogen and oxygen atoms in total. The lowest BCUT2D eigenvalue weighted by atomic mass is 10.1. The zero-order valence-corrected chi connectivity index (χ0v) is 15.0. The quantitative estimate of drug-likeness (QED) is 0.645. The fraction of sp³-hybridized carbons (Fsp3) is 0.263. The van der Waals surface area contributed by atoms with E-state index in [1.165, 1.54) is 12.1 Å². The maximum atomic E-state index is 12.6. The molecule has 0 radical (unpaired) electrons. The molecule has 1 saturated heterocycles. The molecule has 0 spiro atoms. The molecule has 0 saturated carbocycles. The Morgan fingerprint density at radius 1 is 1.26 bits per heavy atom. The third-order valence-electron chi connectivity index (χ3n) is 4.64. The zero-order chi connectivity index (χ0) is 19.6. The number of nitro groups is 1. The second-order valence-electron chi connectivity index (χ2n) is 6.30. The highest BCUT2D eigenvalue weighted by molar-refractivity contribution is 6.03. The van der Waals surface area contributed by atoms with E-state index in [-0.39, 0.29) is 30.5 Å². The minimum Gasteiger partial charge on any atom is -0.497 e. The molecule has 1 atom stereocenters. The van der Waals surface area contributed by atoms with Gasteiger partial charge in [-0.25, -0.2) is 0 Å². The minimum absolute atomic E-state index is 0.0600. The summed E-state index contributed by atoms with van der Waals surface area (Å²) < 4.78 is 5.11. The van der Waals surface area contributed by atoms with Crippen LogP contribution in [0.15, 0.2) is 42.5 Å². The number of methoxy groups -OCH3 is 1. The number of carbonyl (C=O) groups excluding carboxylic acids is 2. The van der Waals surface area contributed by atoms with E-state index in [0.29, 0.717) is 22.7 Å². The molecular weight excluding hydrogens is 350 g/mol. The van der Waals surface area contributed by atoms with Crippen LogP contribution in [-0.2, 0) is 9.59 Å². The lowest BCUT2D eigenvalue weighted by molar-refractivity contribution is -0.385. The highest BCUT2D eigenvalue weighted by Crippen LogP contribution is 2.29. The predicted octanol–water partition coefficient (Wildman–Crippen LogP) is 2.90. The predicted molar refractivity (Wildman–Crippen MR) is 99.9 cm³/mol. The second kappa shape index (κ2) is 7.45. The van der Waals surface area contributed by atoms with Crippen LogP contribution < -0.4 is 15.0 Å². The van der Waals surface area contributed by atoms with Crippen molar-refractivity contribution in [2.45, 2.75) is 13.3 Å². The van der Waals surface area contributed by atoms with Crippen molar-refractivity contribution in [3.63, 3.8) is 0 Å². The Balaban J connectivity index is 1.72. The van der Waals surface area contributed by atoms with Gasteiger partial charge in [-0.05, 0) is 37.3 Å². The second-order valence-corrected chi connectivity index (χ2v) is 6.30. The van der Waals surface area contributed by atoms with Gasteiger partial charge in [-0.1, -0.05) is 6.07 Å². The Labute approximate surface area is 155 Å². The van der Waals surface area contributed by atoms with Crippen LogP contribution in [0, 0.1) is 23.0 Å². The van der Waals surface area contributed by atoms with Gasteiger partial charge in [0.15, 0.2) is 0 Å². The normalized spacial score (nSPS) is 16.3. The number of nitro benzene ring substituents is 1. The summed E-state index contributed by atoms with van der Waals surface area (Å²) in [6.07, 6.45) is 0.0891. The van der Waals surface area contributed by atoms with E-state index in [9.17, 15) is 19.7 Å². The molecule has 2 aromatic rings. The maximum Gasteiger partial charge on any atom is 0.274 e. The third-order valence-corrected chi connectivity index (χ3v) is 4.64. The van der Waals surface area contributed by atoms with Gasteiger partial charge in [-0.15, -0.1) is 0 Å². The van der Waals surface area contributed by atoms with E-state index in [2.05, 4.69) is 5.32 Å². The lowest BCUT2D eigenvalue weighted by Crippen LogP contribution is -2.28. The van der Waals surface area contributed by atoms with Crippen LogP contribution >= 0.6 is 0 Å². The number of rotatable bonds is 5. The van der Waals surface area contributed by atoms with Crippen molar-refractivity contribution in [3.8, 4) is 5.75 Å². The molecule has 140 valence electrons. The van der Waals surface area contributed by atoms with Crippen molar-refractivity contribution in [2.75, 3.05) is 23.9 Å². The third kappa shape index (κ3) is 3.74. The number of anilines is 2. The summed E-state index contributed by atoms with van der Waals surface area (Å²) in [4.78, 5) is 37.0. The Kier molecular flexibility index (Phi) is 5.07. The maximum absolute atomic E-state index is 12.6. The number of benzene rings is 2. The summed E-state index contributed by atoms with van der Waals surface area (Å²) >= 11 is 0. The Hall–Kier alpha value is -3.42. The van der Waals surface area contributed by atoms with Gasteiger partial charge < -0.3 is 15.0 Å². The fourth-order valence-electron chi connectivity index (χ4n) is 3.09. The molecule has 2 aromatic carbocycles. The molecule has 1 fully saturated rings. The van der Waals surface area contributed by atoms with Gasteiger partial charge in [0.25, 0.3) is 5.69 Å². The smallest absolute Gasteiger partial charge is 0.274 e. The lowest BCUT2D eigenvalue weighted by Gasteiger charge is -2.17. The summed E-state index contributed by atoms with van der Waals surface area (Å²) in [6.45, 7) is 1.84. The van der Waals surface area contributed by atoms with Crippen molar-refractivity contribution in [2.24, 2.45) is 5.92 Å². The number of nitrogens with one attached hydrogen (secondary N) is 1. The van der Waals surface area contributed by atoms with Crippen molar-refractivity contribution in [3.05, 3.63) is 58.1 Å². The number of nitrogens with zero attached hydrogens (tertiary/aromatic N) is 2. The van der Waals surface area contributed by atoms with Gasteiger partial charge in [0.05, 0.1) is 29.2 Å². The summed E-state index contributed by atoms with van der Waals surface area (Å²) in [5.41, 5.74) is 1.40. The first-order valence-corrected chi connectivity index (χ1v) is 8.40.